The van der Waals surface area contributed by atoms with E-state index in [0.29, 0.717) is 22.8 Å². The topological polar surface area (TPSA) is 77.5 Å². The molecule has 0 radical (unpaired) electrons. The molecular formula is C29H26F6N2O4. The van der Waals surface area contributed by atoms with E-state index < -0.39 is 53.3 Å². The highest BCUT2D eigenvalue weighted by Crippen LogP contribution is 2.50. The molecule has 2 aromatic carbocycles. The van der Waals surface area contributed by atoms with Crippen LogP contribution in [-0.2, 0) is 20.9 Å². The number of carbonyl (C=O) groups is 2. The SMILES string of the molecule is CCOC(=O)c1cc(NC(=O)C2(c3ccc(OC(F)(F)F)cc3F)CC2)cc(C)c1-c1ccc(C(F)(F)CC)nc1. The molecule has 0 unspecified atom stereocenters. The largest absolute Gasteiger partial charge is 0.573 e. The van der Waals surface area contributed by atoms with Crippen LogP contribution in [0.1, 0.15) is 60.3 Å². The molecule has 0 aliphatic heterocycles. The van der Waals surface area contributed by atoms with Crippen molar-refractivity contribution in [3.8, 4) is 16.9 Å². The summed E-state index contributed by atoms with van der Waals surface area (Å²) in [5.41, 5.74) is -0.349. The molecule has 0 atom stereocenters. The summed E-state index contributed by atoms with van der Waals surface area (Å²) in [5, 5.41) is 2.68. The van der Waals surface area contributed by atoms with E-state index >= 15 is 0 Å². The Morgan fingerprint density at radius 2 is 1.73 bits per heavy atom. The molecule has 1 aliphatic rings. The van der Waals surface area contributed by atoms with Crippen molar-refractivity contribution in [2.24, 2.45) is 0 Å². The Morgan fingerprint density at radius 3 is 2.27 bits per heavy atom. The fourth-order valence-electron chi connectivity index (χ4n) is 4.63. The molecule has 4 rings (SSSR count). The molecule has 1 heterocycles. The molecule has 1 saturated carbocycles. The Kier molecular flexibility index (Phi) is 8.06. The van der Waals surface area contributed by atoms with E-state index in [1.165, 1.54) is 31.3 Å². The molecule has 12 heteroatoms. The van der Waals surface area contributed by atoms with Crippen LogP contribution in [0.25, 0.3) is 11.1 Å². The third-order valence-electron chi connectivity index (χ3n) is 6.83. The molecule has 0 spiro atoms. The number of carbonyl (C=O) groups excluding carboxylic acids is 2. The lowest BCUT2D eigenvalue weighted by Gasteiger charge is -2.20. The van der Waals surface area contributed by atoms with Gasteiger partial charge in [-0.15, -0.1) is 13.2 Å². The normalized spacial score (nSPS) is 14.4. The number of alkyl halides is 5. The van der Waals surface area contributed by atoms with Gasteiger partial charge >= 0.3 is 12.3 Å². The van der Waals surface area contributed by atoms with Crippen molar-refractivity contribution in [3.63, 3.8) is 0 Å². The van der Waals surface area contributed by atoms with Crippen molar-refractivity contribution >= 4 is 17.6 Å². The Bertz CT molecular complexity index is 1470. The third kappa shape index (κ3) is 6.31. The highest BCUT2D eigenvalue weighted by atomic mass is 19.4. The minimum Gasteiger partial charge on any atom is -0.462 e. The lowest BCUT2D eigenvalue weighted by Crippen LogP contribution is -2.29. The zero-order chi connectivity index (χ0) is 30.2. The predicted molar refractivity (Wildman–Crippen MR) is 137 cm³/mol. The average Bonchev–Trinajstić information content (AvgIpc) is 3.70. The average molecular weight is 581 g/mol. The van der Waals surface area contributed by atoms with Gasteiger partial charge in [-0.25, -0.2) is 9.18 Å². The van der Waals surface area contributed by atoms with E-state index in [1.807, 2.05) is 0 Å². The maximum absolute atomic E-state index is 14.8. The van der Waals surface area contributed by atoms with Gasteiger partial charge in [0, 0.05) is 41.1 Å². The number of nitrogens with one attached hydrogen (secondary N) is 1. The number of rotatable bonds is 9. The Hall–Kier alpha value is -4.09. The molecule has 1 N–H and O–H groups in total. The molecule has 218 valence electrons. The number of esters is 1. The van der Waals surface area contributed by atoms with Crippen LogP contribution in [0, 0.1) is 12.7 Å². The van der Waals surface area contributed by atoms with Gasteiger partial charge in [0.1, 0.15) is 17.3 Å². The summed E-state index contributed by atoms with van der Waals surface area (Å²) in [6.07, 6.45) is -3.70. The van der Waals surface area contributed by atoms with Crippen molar-refractivity contribution in [3.05, 3.63) is 76.9 Å². The van der Waals surface area contributed by atoms with Gasteiger partial charge in [-0.3, -0.25) is 9.78 Å². The number of amides is 1. The molecule has 0 bridgehead atoms. The summed E-state index contributed by atoms with van der Waals surface area (Å²) in [4.78, 5) is 30.1. The number of hydrogen-bond acceptors (Lipinski definition) is 5. The Morgan fingerprint density at radius 1 is 1.02 bits per heavy atom. The van der Waals surface area contributed by atoms with Gasteiger partial charge in [-0.05, 0) is 56.5 Å². The van der Waals surface area contributed by atoms with Crippen LogP contribution < -0.4 is 10.1 Å². The lowest BCUT2D eigenvalue weighted by molar-refractivity contribution is -0.274. The molecule has 1 aromatic heterocycles. The lowest BCUT2D eigenvalue weighted by atomic mass is 9.92. The van der Waals surface area contributed by atoms with Crippen LogP contribution in [0.3, 0.4) is 0 Å². The highest BCUT2D eigenvalue weighted by Gasteiger charge is 2.53. The van der Waals surface area contributed by atoms with Gasteiger partial charge in [0.05, 0.1) is 17.6 Å². The van der Waals surface area contributed by atoms with E-state index in [-0.39, 0.29) is 36.3 Å². The second-order valence-electron chi connectivity index (χ2n) is 9.65. The van der Waals surface area contributed by atoms with Crippen LogP contribution in [0.15, 0.2) is 48.7 Å². The van der Waals surface area contributed by atoms with E-state index in [2.05, 4.69) is 15.0 Å². The monoisotopic (exact) mass is 580 g/mol. The van der Waals surface area contributed by atoms with E-state index in [1.54, 1.807) is 19.9 Å². The summed E-state index contributed by atoms with van der Waals surface area (Å²) in [6.45, 7) is 4.64. The molecule has 3 aromatic rings. The Labute approximate surface area is 231 Å². The summed E-state index contributed by atoms with van der Waals surface area (Å²) >= 11 is 0. The number of nitrogens with zero attached hydrogens (tertiary/aromatic N) is 1. The zero-order valence-electron chi connectivity index (χ0n) is 22.3. The van der Waals surface area contributed by atoms with E-state index in [4.69, 9.17) is 4.74 Å². The molecule has 6 nitrogen and oxygen atoms in total. The second-order valence-corrected chi connectivity index (χ2v) is 9.65. The first-order chi connectivity index (χ1) is 19.2. The van der Waals surface area contributed by atoms with E-state index in [9.17, 15) is 35.9 Å². The standard InChI is InChI=1S/C29H26F6N2O4/c1-4-28(31,32)23-9-6-17(15-36-23)24-16(3)12-18(13-20(24)25(38)40-5-2)37-26(39)27(10-11-27)21-8-7-19(14-22(21)30)41-29(33,34)35/h6-9,12-15H,4-5,10-11H2,1-3H3,(H,37,39). The van der Waals surface area contributed by atoms with Crippen LogP contribution in [0.4, 0.5) is 32.0 Å². The number of aryl methyl sites for hydroxylation is 1. The molecule has 41 heavy (non-hydrogen) atoms. The number of pyridine rings is 1. The molecule has 1 amide bonds. The van der Waals surface area contributed by atoms with Crippen LogP contribution in [0.2, 0.25) is 0 Å². The Balaban J connectivity index is 1.65. The molecule has 1 fully saturated rings. The number of benzene rings is 2. The number of aromatic nitrogens is 1. The maximum atomic E-state index is 14.8. The fourth-order valence-corrected chi connectivity index (χ4v) is 4.63. The minimum atomic E-state index is -5.00. The van der Waals surface area contributed by atoms with Gasteiger partial charge in [-0.2, -0.15) is 8.78 Å². The molecule has 1 aliphatic carbocycles. The third-order valence-corrected chi connectivity index (χ3v) is 6.83. The molecular weight excluding hydrogens is 554 g/mol. The van der Waals surface area contributed by atoms with Crippen LogP contribution in [0.5, 0.6) is 5.75 Å². The first kappa shape index (κ1) is 29.9. The fraction of sp³-hybridized carbons (Fsp3) is 0.345. The van der Waals surface area contributed by atoms with Crippen LogP contribution in [-0.4, -0.2) is 29.8 Å². The van der Waals surface area contributed by atoms with Crippen molar-refractivity contribution < 1.29 is 45.4 Å². The minimum absolute atomic E-state index is 0.0450. The maximum Gasteiger partial charge on any atom is 0.573 e. The highest BCUT2D eigenvalue weighted by molar-refractivity contribution is 6.04. The smallest absolute Gasteiger partial charge is 0.462 e. The zero-order valence-corrected chi connectivity index (χ0v) is 22.3. The summed E-state index contributed by atoms with van der Waals surface area (Å²) < 4.78 is 89.4. The number of anilines is 1. The van der Waals surface area contributed by atoms with Crippen molar-refractivity contribution in [1.29, 1.82) is 0 Å². The quantitative estimate of drug-likeness (QED) is 0.210. The van der Waals surface area contributed by atoms with Gasteiger partial charge < -0.3 is 14.8 Å². The molecule has 0 saturated heterocycles. The van der Waals surface area contributed by atoms with Gasteiger partial charge in [0.2, 0.25) is 5.91 Å². The predicted octanol–water partition coefficient (Wildman–Crippen LogP) is 7.44. The number of ether oxygens (including phenoxy) is 2. The summed E-state index contributed by atoms with van der Waals surface area (Å²) in [6, 6.07) is 8.11. The first-order valence-corrected chi connectivity index (χ1v) is 12.7. The van der Waals surface area contributed by atoms with Gasteiger partial charge in [-0.1, -0.05) is 19.1 Å². The first-order valence-electron chi connectivity index (χ1n) is 12.7. The van der Waals surface area contributed by atoms with Gasteiger partial charge in [0.25, 0.3) is 5.92 Å². The van der Waals surface area contributed by atoms with Crippen molar-refractivity contribution in [2.75, 3.05) is 11.9 Å². The second kappa shape index (κ2) is 11.1. The van der Waals surface area contributed by atoms with Crippen molar-refractivity contribution in [1.82, 2.24) is 4.98 Å². The van der Waals surface area contributed by atoms with Crippen molar-refractivity contribution in [2.45, 2.75) is 57.7 Å². The number of halogens is 6. The van der Waals surface area contributed by atoms with E-state index in [0.717, 1.165) is 12.1 Å². The van der Waals surface area contributed by atoms with Crippen LogP contribution >= 0.6 is 0 Å². The number of hydrogen-bond donors (Lipinski definition) is 1. The summed E-state index contributed by atoms with van der Waals surface area (Å²) in [5.74, 6) is -6.23. The summed E-state index contributed by atoms with van der Waals surface area (Å²) in [7, 11) is 0. The van der Waals surface area contributed by atoms with Gasteiger partial charge in [0.15, 0.2) is 0 Å².